The van der Waals surface area contributed by atoms with Gasteiger partial charge in [-0.3, -0.25) is 19.4 Å². The van der Waals surface area contributed by atoms with Gasteiger partial charge < -0.3 is 14.7 Å². The molecule has 2 aromatic rings. The van der Waals surface area contributed by atoms with Crippen molar-refractivity contribution in [1.29, 1.82) is 0 Å². The zero-order valence-electron chi connectivity index (χ0n) is 16.6. The van der Waals surface area contributed by atoms with Gasteiger partial charge in [0.15, 0.2) is 5.82 Å². The zero-order valence-corrected chi connectivity index (χ0v) is 16.6. The van der Waals surface area contributed by atoms with Crippen molar-refractivity contribution in [3.8, 4) is 0 Å². The lowest BCUT2D eigenvalue weighted by Crippen LogP contribution is -2.48. The maximum Gasteiger partial charge on any atom is 0.240 e. The minimum atomic E-state index is -0.0455. The molecule has 2 aliphatic rings. The highest BCUT2D eigenvalue weighted by Crippen LogP contribution is 2.24. The highest BCUT2D eigenvalue weighted by Gasteiger charge is 2.23. The molecule has 0 saturated carbocycles. The summed E-state index contributed by atoms with van der Waals surface area (Å²) in [6, 6.07) is 7.50. The number of piperazine rings is 1. The average molecular weight is 398 g/mol. The van der Waals surface area contributed by atoms with Gasteiger partial charge in [-0.05, 0) is 31.5 Å². The molecule has 9 nitrogen and oxygen atoms in total. The molecule has 154 valence electrons. The van der Waals surface area contributed by atoms with E-state index < -0.39 is 0 Å². The van der Waals surface area contributed by atoms with Crippen LogP contribution in [0.15, 0.2) is 28.8 Å². The first-order valence-electron chi connectivity index (χ1n) is 10.0. The number of carbonyl (C=O) groups excluding carboxylic acids is 2. The van der Waals surface area contributed by atoms with Crippen LogP contribution in [-0.4, -0.2) is 71.0 Å². The van der Waals surface area contributed by atoms with Gasteiger partial charge in [0.05, 0.1) is 13.1 Å². The highest BCUT2D eigenvalue weighted by atomic mass is 16.5. The maximum atomic E-state index is 12.5. The number of rotatable bonds is 6. The summed E-state index contributed by atoms with van der Waals surface area (Å²) in [6.07, 6.45) is 1.47. The molecule has 0 radical (unpaired) electrons. The van der Waals surface area contributed by atoms with Gasteiger partial charge in [-0.1, -0.05) is 11.2 Å². The van der Waals surface area contributed by atoms with Crippen LogP contribution < -0.4 is 10.2 Å². The number of hydrogen-bond donors (Lipinski definition) is 1. The molecule has 1 aromatic heterocycles. The van der Waals surface area contributed by atoms with E-state index in [9.17, 15) is 9.59 Å². The molecule has 1 N–H and O–H groups in total. The van der Waals surface area contributed by atoms with E-state index in [4.69, 9.17) is 4.52 Å². The molecule has 0 atom stereocenters. The van der Waals surface area contributed by atoms with E-state index in [1.807, 2.05) is 31.2 Å². The molecular weight excluding hydrogens is 372 g/mol. The molecule has 2 amide bonds. The van der Waals surface area contributed by atoms with E-state index in [1.54, 1.807) is 4.90 Å². The van der Waals surface area contributed by atoms with Gasteiger partial charge >= 0.3 is 0 Å². The summed E-state index contributed by atoms with van der Waals surface area (Å²) in [5, 5.41) is 6.77. The lowest BCUT2D eigenvalue weighted by atomic mass is 10.2. The molecule has 2 aliphatic heterocycles. The Bertz CT molecular complexity index is 875. The Kier molecular flexibility index (Phi) is 5.86. The molecule has 29 heavy (non-hydrogen) atoms. The van der Waals surface area contributed by atoms with Crippen LogP contribution in [0.1, 0.15) is 24.6 Å². The predicted molar refractivity (Wildman–Crippen MR) is 107 cm³/mol. The molecule has 0 bridgehead atoms. The van der Waals surface area contributed by atoms with E-state index in [2.05, 4.69) is 25.3 Å². The Hall–Kier alpha value is -2.78. The molecule has 9 heteroatoms. The standard InChI is InChI=1S/C20H26N6O3/c1-15-21-19(29-23-15)14-25-10-8-24(9-11-25)13-18(27)22-16-4-2-5-17(12-16)26-7-3-6-20(26)28/h2,4-5,12H,3,6-11,13-14H2,1H3,(H,22,27). The molecule has 0 unspecified atom stereocenters. The van der Waals surface area contributed by atoms with E-state index in [1.165, 1.54) is 0 Å². The van der Waals surface area contributed by atoms with Crippen molar-refractivity contribution in [2.24, 2.45) is 0 Å². The van der Waals surface area contributed by atoms with Crippen molar-refractivity contribution in [1.82, 2.24) is 19.9 Å². The summed E-state index contributed by atoms with van der Waals surface area (Å²) in [4.78, 5) is 34.8. The van der Waals surface area contributed by atoms with Gasteiger partial charge in [-0.15, -0.1) is 0 Å². The summed E-state index contributed by atoms with van der Waals surface area (Å²) >= 11 is 0. The lowest BCUT2D eigenvalue weighted by Gasteiger charge is -2.33. The molecule has 4 rings (SSSR count). The van der Waals surface area contributed by atoms with Gasteiger partial charge in [0.25, 0.3) is 0 Å². The second-order valence-electron chi connectivity index (χ2n) is 7.54. The number of hydrogen-bond acceptors (Lipinski definition) is 7. The van der Waals surface area contributed by atoms with E-state index in [-0.39, 0.29) is 11.8 Å². The molecule has 2 fully saturated rings. The van der Waals surface area contributed by atoms with Crippen LogP contribution in [0.5, 0.6) is 0 Å². The second kappa shape index (κ2) is 8.71. The topological polar surface area (TPSA) is 94.8 Å². The SMILES string of the molecule is Cc1noc(CN2CCN(CC(=O)Nc3cccc(N4CCCC4=O)c3)CC2)n1. The van der Waals surface area contributed by atoms with Crippen LogP contribution in [0.3, 0.4) is 0 Å². The Balaban J connectivity index is 1.25. The first kappa shape index (κ1) is 19.5. The Labute approximate surface area is 169 Å². The van der Waals surface area contributed by atoms with Crippen LogP contribution in [0.2, 0.25) is 0 Å². The number of nitrogens with zero attached hydrogens (tertiary/aromatic N) is 5. The van der Waals surface area contributed by atoms with Crippen LogP contribution in [0.25, 0.3) is 0 Å². The van der Waals surface area contributed by atoms with E-state index in [0.29, 0.717) is 31.2 Å². The van der Waals surface area contributed by atoms with Crippen LogP contribution >= 0.6 is 0 Å². The van der Waals surface area contributed by atoms with Crippen LogP contribution in [-0.2, 0) is 16.1 Å². The fourth-order valence-electron chi connectivity index (χ4n) is 3.78. The van der Waals surface area contributed by atoms with Crippen molar-refractivity contribution in [3.63, 3.8) is 0 Å². The summed E-state index contributed by atoms with van der Waals surface area (Å²) < 4.78 is 5.17. The number of amides is 2. The zero-order chi connectivity index (χ0) is 20.2. The first-order valence-corrected chi connectivity index (χ1v) is 10.0. The fraction of sp³-hybridized carbons (Fsp3) is 0.500. The Morgan fingerprint density at radius 2 is 1.97 bits per heavy atom. The average Bonchev–Trinajstić information content (AvgIpc) is 3.31. The Morgan fingerprint density at radius 3 is 2.66 bits per heavy atom. The number of carbonyl (C=O) groups is 2. The smallest absolute Gasteiger partial charge is 0.240 e. The maximum absolute atomic E-state index is 12.5. The number of aryl methyl sites for hydroxylation is 1. The van der Waals surface area contributed by atoms with Crippen molar-refractivity contribution in [3.05, 3.63) is 36.0 Å². The predicted octanol–water partition coefficient (Wildman–Crippen LogP) is 1.26. The quantitative estimate of drug-likeness (QED) is 0.783. The van der Waals surface area contributed by atoms with Crippen molar-refractivity contribution < 1.29 is 14.1 Å². The molecular formula is C20H26N6O3. The van der Waals surface area contributed by atoms with Gasteiger partial charge in [0.1, 0.15) is 0 Å². The minimum Gasteiger partial charge on any atom is -0.338 e. The summed E-state index contributed by atoms with van der Waals surface area (Å²) in [7, 11) is 0. The largest absolute Gasteiger partial charge is 0.338 e. The van der Waals surface area contributed by atoms with Crippen LogP contribution in [0, 0.1) is 6.92 Å². The normalized spacial score (nSPS) is 18.4. The van der Waals surface area contributed by atoms with Gasteiger partial charge in [-0.2, -0.15) is 4.98 Å². The van der Waals surface area contributed by atoms with E-state index >= 15 is 0 Å². The number of nitrogens with one attached hydrogen (secondary N) is 1. The third-order valence-electron chi connectivity index (χ3n) is 5.28. The van der Waals surface area contributed by atoms with Gasteiger partial charge in [0.2, 0.25) is 17.7 Å². The Morgan fingerprint density at radius 1 is 1.17 bits per heavy atom. The summed E-state index contributed by atoms with van der Waals surface area (Å²) in [5.74, 6) is 1.37. The van der Waals surface area contributed by atoms with Crippen LogP contribution in [0.4, 0.5) is 11.4 Å². The van der Waals surface area contributed by atoms with Crippen molar-refractivity contribution in [2.45, 2.75) is 26.3 Å². The summed E-state index contributed by atoms with van der Waals surface area (Å²) in [6.45, 7) is 6.85. The molecule has 0 aliphatic carbocycles. The molecule has 2 saturated heterocycles. The third kappa shape index (κ3) is 4.99. The number of aromatic nitrogens is 2. The first-order chi connectivity index (χ1) is 14.1. The monoisotopic (exact) mass is 398 g/mol. The number of anilines is 2. The van der Waals surface area contributed by atoms with Crippen molar-refractivity contribution in [2.75, 3.05) is 49.5 Å². The third-order valence-corrected chi connectivity index (χ3v) is 5.28. The van der Waals surface area contributed by atoms with Gasteiger partial charge in [0, 0.05) is 50.5 Å². The summed E-state index contributed by atoms with van der Waals surface area (Å²) in [5.41, 5.74) is 1.56. The second-order valence-corrected chi connectivity index (χ2v) is 7.54. The molecule has 1 aromatic carbocycles. The minimum absolute atomic E-state index is 0.0455. The molecule has 0 spiro atoms. The van der Waals surface area contributed by atoms with E-state index in [0.717, 1.165) is 50.5 Å². The van der Waals surface area contributed by atoms with Crippen molar-refractivity contribution >= 4 is 23.2 Å². The molecule has 3 heterocycles. The highest BCUT2D eigenvalue weighted by molar-refractivity contribution is 5.97. The number of benzene rings is 1. The fourth-order valence-corrected chi connectivity index (χ4v) is 3.78. The lowest BCUT2D eigenvalue weighted by molar-refractivity contribution is -0.118. The van der Waals surface area contributed by atoms with Gasteiger partial charge in [-0.25, -0.2) is 0 Å².